The van der Waals surface area contributed by atoms with Gasteiger partial charge in [0.25, 0.3) is 13.4 Å². The van der Waals surface area contributed by atoms with Crippen LogP contribution in [0.4, 0.5) is 0 Å². The van der Waals surface area contributed by atoms with Crippen LogP contribution in [0.15, 0.2) is 189 Å². The van der Waals surface area contributed by atoms with Gasteiger partial charge in [0.1, 0.15) is 46.0 Å². The highest BCUT2D eigenvalue weighted by atomic mass is 32.2. The van der Waals surface area contributed by atoms with Crippen LogP contribution in [0.2, 0.25) is 0 Å². The summed E-state index contributed by atoms with van der Waals surface area (Å²) in [4.78, 5) is 4.96. The molecular formula is C50H28B2O4S2. The van der Waals surface area contributed by atoms with Crippen LogP contribution in [0.25, 0.3) is 21.5 Å². The van der Waals surface area contributed by atoms with Gasteiger partial charge in [-0.2, -0.15) is 0 Å². The van der Waals surface area contributed by atoms with Crippen molar-refractivity contribution < 1.29 is 18.9 Å². The Kier molecular flexibility index (Phi) is 7.03. The molecule has 4 nitrogen and oxygen atoms in total. The number of hydrogen-bond acceptors (Lipinski definition) is 6. The van der Waals surface area contributed by atoms with E-state index in [9.17, 15) is 0 Å². The van der Waals surface area contributed by atoms with Crippen molar-refractivity contribution in [2.45, 2.75) is 19.6 Å². The summed E-state index contributed by atoms with van der Waals surface area (Å²) in [7, 11) is 0. The lowest BCUT2D eigenvalue weighted by atomic mass is 9.32. The fourth-order valence-electron chi connectivity index (χ4n) is 9.26. The topological polar surface area (TPSA) is 36.9 Å². The van der Waals surface area contributed by atoms with Crippen molar-refractivity contribution in [3.63, 3.8) is 0 Å². The van der Waals surface area contributed by atoms with Gasteiger partial charge < -0.3 is 18.9 Å². The molecule has 0 saturated heterocycles. The Morgan fingerprint density at radius 1 is 0.362 bits per heavy atom. The third kappa shape index (κ3) is 4.95. The number of para-hydroxylation sites is 4. The standard InChI is InChI=1S/C50H28B2O4S2/c1-3-11-31(12-4-1)53-33-19-21-35-29(23-33)25-45-47-49(35)55-41-17-9-7-15-37(41)51(47)39-27-40-44(28-43(39)57-45)58-46-26-30-24-34(54-32-13-5-2-6-14-32)20-22-36(30)50-48(46)52(40)38-16-8-10-18-42(38)56-50/h1-28H. The molecule has 9 aromatic carbocycles. The van der Waals surface area contributed by atoms with Crippen LogP contribution in [-0.2, 0) is 0 Å². The van der Waals surface area contributed by atoms with E-state index in [1.54, 1.807) is 0 Å². The van der Waals surface area contributed by atoms with Crippen LogP contribution < -0.4 is 51.7 Å². The lowest BCUT2D eigenvalue weighted by Gasteiger charge is -2.37. The molecule has 58 heavy (non-hydrogen) atoms. The van der Waals surface area contributed by atoms with Crippen molar-refractivity contribution in [3.05, 3.63) is 170 Å². The van der Waals surface area contributed by atoms with E-state index >= 15 is 0 Å². The van der Waals surface area contributed by atoms with Crippen LogP contribution in [0, 0.1) is 0 Å². The largest absolute Gasteiger partial charge is 0.458 e. The van der Waals surface area contributed by atoms with E-state index < -0.39 is 0 Å². The molecule has 8 heteroatoms. The average Bonchev–Trinajstić information content (AvgIpc) is 3.26. The third-order valence-electron chi connectivity index (χ3n) is 11.8. The molecular weight excluding hydrogens is 750 g/mol. The maximum absolute atomic E-state index is 6.88. The smallest absolute Gasteiger partial charge is 0.253 e. The van der Waals surface area contributed by atoms with Gasteiger partial charge in [0.15, 0.2) is 0 Å². The number of benzene rings is 9. The zero-order valence-corrected chi connectivity index (χ0v) is 32.4. The molecule has 0 aromatic heterocycles. The molecule has 4 heterocycles. The first-order chi connectivity index (χ1) is 28.7. The summed E-state index contributed by atoms with van der Waals surface area (Å²) in [5.74, 6) is 6.88. The summed E-state index contributed by atoms with van der Waals surface area (Å²) < 4.78 is 26.4. The van der Waals surface area contributed by atoms with Gasteiger partial charge in [-0.15, -0.1) is 0 Å². The van der Waals surface area contributed by atoms with E-state index in [2.05, 4.69) is 97.1 Å². The number of ether oxygens (including phenoxy) is 4. The molecule has 0 atom stereocenters. The predicted octanol–water partition coefficient (Wildman–Crippen LogP) is 9.75. The van der Waals surface area contributed by atoms with Gasteiger partial charge >= 0.3 is 0 Å². The van der Waals surface area contributed by atoms with Crippen molar-refractivity contribution >= 4 is 91.3 Å². The van der Waals surface area contributed by atoms with E-state index in [-0.39, 0.29) is 13.4 Å². The lowest BCUT2D eigenvalue weighted by molar-refractivity contribution is 0.482. The van der Waals surface area contributed by atoms with Gasteiger partial charge in [0, 0.05) is 30.4 Å². The maximum atomic E-state index is 6.88. The minimum absolute atomic E-state index is 0.0155. The van der Waals surface area contributed by atoms with Gasteiger partial charge in [-0.25, -0.2) is 0 Å². The molecule has 0 radical (unpaired) electrons. The highest BCUT2D eigenvalue weighted by Gasteiger charge is 2.44. The zero-order valence-electron chi connectivity index (χ0n) is 30.8. The Morgan fingerprint density at radius 2 is 0.810 bits per heavy atom. The maximum Gasteiger partial charge on any atom is 0.253 e. The van der Waals surface area contributed by atoms with Gasteiger partial charge in [-0.1, -0.05) is 113 Å². The number of fused-ring (bicyclic) bond motifs is 12. The van der Waals surface area contributed by atoms with E-state index in [4.69, 9.17) is 18.9 Å². The Hall–Kier alpha value is -6.47. The Balaban J connectivity index is 0.985. The summed E-state index contributed by atoms with van der Waals surface area (Å²) in [6, 6.07) is 59.3. The second-order valence-electron chi connectivity index (χ2n) is 15.1. The highest BCUT2D eigenvalue weighted by Crippen LogP contribution is 2.46. The summed E-state index contributed by atoms with van der Waals surface area (Å²) >= 11 is 3.69. The minimum atomic E-state index is 0.0155. The first-order valence-electron chi connectivity index (χ1n) is 19.4. The Labute approximate surface area is 343 Å². The molecule has 0 unspecified atom stereocenters. The molecule has 13 rings (SSSR count). The van der Waals surface area contributed by atoms with E-state index in [0.29, 0.717) is 0 Å². The molecule has 0 fully saturated rings. The van der Waals surface area contributed by atoms with Crippen LogP contribution >= 0.6 is 23.5 Å². The molecule has 4 aliphatic heterocycles. The molecule has 0 bridgehead atoms. The van der Waals surface area contributed by atoms with Crippen molar-refractivity contribution in [2.24, 2.45) is 0 Å². The van der Waals surface area contributed by atoms with Crippen LogP contribution in [0.3, 0.4) is 0 Å². The fourth-order valence-corrected chi connectivity index (χ4v) is 11.8. The molecule has 270 valence electrons. The second-order valence-corrected chi connectivity index (χ2v) is 17.3. The molecule has 9 aromatic rings. The van der Waals surface area contributed by atoms with Gasteiger partial charge in [0.2, 0.25) is 0 Å². The first kappa shape index (κ1) is 32.6. The predicted molar refractivity (Wildman–Crippen MR) is 238 cm³/mol. The minimum Gasteiger partial charge on any atom is -0.458 e. The summed E-state index contributed by atoms with van der Waals surface area (Å²) in [5, 5.41) is 4.34. The molecule has 0 saturated carbocycles. The van der Waals surface area contributed by atoms with Crippen LogP contribution in [0.5, 0.6) is 46.0 Å². The van der Waals surface area contributed by atoms with E-state index in [1.165, 1.54) is 52.4 Å². The lowest BCUT2D eigenvalue weighted by Crippen LogP contribution is -2.62. The Morgan fingerprint density at radius 3 is 1.29 bits per heavy atom. The second kappa shape index (κ2) is 12.5. The molecule has 0 spiro atoms. The fraction of sp³-hybridized carbons (Fsp3) is 0. The molecule has 0 aliphatic carbocycles. The number of rotatable bonds is 4. The van der Waals surface area contributed by atoms with Gasteiger partial charge in [-0.05, 0) is 124 Å². The normalized spacial score (nSPS) is 13.6. The highest BCUT2D eigenvalue weighted by molar-refractivity contribution is 8.01. The quantitative estimate of drug-likeness (QED) is 0.166. The summed E-state index contributed by atoms with van der Waals surface area (Å²) in [5.41, 5.74) is 7.48. The SMILES string of the molecule is c1ccc(Oc2ccc3c4c5c(cc3c2)Sc2cc3c(cc2B5c2ccccc2O4)B2c4ccccc4Oc4c2c(cc2cc(Oc5ccccc5)ccc42)S3)cc1. The van der Waals surface area contributed by atoms with Gasteiger partial charge in [-0.3, -0.25) is 0 Å². The third-order valence-corrected chi connectivity index (χ3v) is 14.0. The Bertz CT molecular complexity index is 3000. The van der Waals surface area contributed by atoms with E-state index in [1.807, 2.05) is 96.3 Å². The van der Waals surface area contributed by atoms with Gasteiger partial charge in [0.05, 0.1) is 0 Å². The molecule has 4 aliphatic rings. The van der Waals surface area contributed by atoms with Crippen LogP contribution in [-0.4, -0.2) is 13.4 Å². The van der Waals surface area contributed by atoms with Crippen molar-refractivity contribution in [2.75, 3.05) is 0 Å². The van der Waals surface area contributed by atoms with E-state index in [0.717, 1.165) is 67.5 Å². The first-order valence-corrected chi connectivity index (χ1v) is 21.1. The van der Waals surface area contributed by atoms with Crippen molar-refractivity contribution in [3.8, 4) is 46.0 Å². The van der Waals surface area contributed by atoms with Crippen LogP contribution in [0.1, 0.15) is 0 Å². The van der Waals surface area contributed by atoms with Crippen molar-refractivity contribution in [1.29, 1.82) is 0 Å². The number of hydrogen-bond donors (Lipinski definition) is 0. The monoisotopic (exact) mass is 778 g/mol. The summed E-state index contributed by atoms with van der Waals surface area (Å²) in [6.45, 7) is 0.0310. The van der Waals surface area contributed by atoms with Crippen molar-refractivity contribution in [1.82, 2.24) is 0 Å². The molecule has 0 amide bonds. The average molecular weight is 779 g/mol. The zero-order chi connectivity index (χ0) is 37.9. The molecule has 0 N–H and O–H groups in total. The summed E-state index contributed by atoms with van der Waals surface area (Å²) in [6.07, 6.45) is 0.